The Hall–Kier alpha value is -0.320. The molecular formula is C9H18O8. The average Bonchev–Trinajstić information content (AvgIpc) is 2.33. The second kappa shape index (κ2) is 5.55. The first kappa shape index (κ1) is 14.7. The number of hydrogen-bond donors (Lipinski definition) is 8. The number of aliphatic hydroxyl groups is 8. The fraction of sp³-hybridized carbons (Fsp3) is 1.00. The lowest BCUT2D eigenvalue weighted by Crippen LogP contribution is -2.62. The van der Waals surface area contributed by atoms with E-state index in [2.05, 4.69) is 0 Å². The van der Waals surface area contributed by atoms with Crippen LogP contribution in [0.4, 0.5) is 0 Å². The zero-order valence-corrected chi connectivity index (χ0v) is 8.90. The van der Waals surface area contributed by atoms with Crippen molar-refractivity contribution in [2.45, 2.75) is 42.7 Å². The lowest BCUT2D eigenvalue weighted by molar-refractivity contribution is -0.213. The summed E-state index contributed by atoms with van der Waals surface area (Å²) in [6.45, 7) is -0.772. The molecule has 0 heterocycles. The molecule has 0 aromatic heterocycles. The standard InChI is InChI=1S/C9H18O8/c10-1-2-3(11)5(13)7(15)9(17)8(16)6(14)4(2)12/h2-17H,1H2/t2?,3-,4+,5-,6-,7-,8+,9?/m0/s1. The smallest absolute Gasteiger partial charge is 0.111 e. The second-order valence-corrected chi connectivity index (χ2v) is 4.28. The quantitative estimate of drug-likeness (QED) is 0.231. The topological polar surface area (TPSA) is 162 Å². The maximum atomic E-state index is 9.57. The van der Waals surface area contributed by atoms with E-state index in [9.17, 15) is 35.7 Å². The van der Waals surface area contributed by atoms with Crippen molar-refractivity contribution in [2.75, 3.05) is 6.61 Å². The number of rotatable bonds is 1. The lowest BCUT2D eigenvalue weighted by Gasteiger charge is -2.40. The minimum atomic E-state index is -1.93. The van der Waals surface area contributed by atoms with Crippen LogP contribution in [0.3, 0.4) is 0 Å². The van der Waals surface area contributed by atoms with E-state index < -0.39 is 55.3 Å². The number of aliphatic hydroxyl groups excluding tert-OH is 8. The van der Waals surface area contributed by atoms with E-state index in [0.29, 0.717) is 0 Å². The summed E-state index contributed by atoms with van der Waals surface area (Å²) in [7, 11) is 0. The third kappa shape index (κ3) is 2.59. The molecule has 0 amide bonds. The third-order valence-corrected chi connectivity index (χ3v) is 3.19. The van der Waals surface area contributed by atoms with Gasteiger partial charge < -0.3 is 40.9 Å². The Kier molecular flexibility index (Phi) is 4.81. The Bertz CT molecular complexity index is 227. The van der Waals surface area contributed by atoms with Crippen LogP contribution in [0.25, 0.3) is 0 Å². The van der Waals surface area contributed by atoms with Crippen LogP contribution < -0.4 is 0 Å². The van der Waals surface area contributed by atoms with Crippen molar-refractivity contribution < 1.29 is 40.9 Å². The van der Waals surface area contributed by atoms with Gasteiger partial charge in [0.2, 0.25) is 0 Å². The van der Waals surface area contributed by atoms with Crippen LogP contribution in [0.5, 0.6) is 0 Å². The SMILES string of the molecule is OCC1[C@@H](O)[C@H](O)[C@@H](O)C(O)[C@@H](O)[C@@H](O)[C@H]1O. The van der Waals surface area contributed by atoms with Crippen LogP contribution in [0.15, 0.2) is 0 Å². The zero-order chi connectivity index (χ0) is 13.3. The molecule has 0 radical (unpaired) electrons. The van der Waals surface area contributed by atoms with Crippen LogP contribution in [-0.2, 0) is 0 Å². The Morgan fingerprint density at radius 1 is 0.471 bits per heavy atom. The van der Waals surface area contributed by atoms with Crippen molar-refractivity contribution in [3.05, 3.63) is 0 Å². The van der Waals surface area contributed by atoms with Gasteiger partial charge in [0.25, 0.3) is 0 Å². The van der Waals surface area contributed by atoms with Crippen LogP contribution in [-0.4, -0.2) is 90.2 Å². The van der Waals surface area contributed by atoms with Gasteiger partial charge in [-0.3, -0.25) is 0 Å². The number of hydrogen-bond acceptors (Lipinski definition) is 8. The maximum Gasteiger partial charge on any atom is 0.111 e. The van der Waals surface area contributed by atoms with E-state index in [-0.39, 0.29) is 0 Å². The molecule has 0 spiro atoms. The van der Waals surface area contributed by atoms with E-state index in [1.54, 1.807) is 0 Å². The Balaban J connectivity index is 3.02. The molecule has 1 aliphatic rings. The molecule has 0 bridgehead atoms. The largest absolute Gasteiger partial charge is 0.396 e. The van der Waals surface area contributed by atoms with Gasteiger partial charge in [-0.25, -0.2) is 0 Å². The summed E-state index contributed by atoms with van der Waals surface area (Å²) >= 11 is 0. The average molecular weight is 254 g/mol. The summed E-state index contributed by atoms with van der Waals surface area (Å²) in [5.41, 5.74) is 0. The predicted molar refractivity (Wildman–Crippen MR) is 52.6 cm³/mol. The molecule has 8 nitrogen and oxygen atoms in total. The van der Waals surface area contributed by atoms with E-state index in [1.807, 2.05) is 0 Å². The highest BCUT2D eigenvalue weighted by Gasteiger charge is 2.47. The minimum Gasteiger partial charge on any atom is -0.396 e. The monoisotopic (exact) mass is 254 g/mol. The highest BCUT2D eigenvalue weighted by Crippen LogP contribution is 2.25. The van der Waals surface area contributed by atoms with Crippen LogP contribution in [0.1, 0.15) is 0 Å². The van der Waals surface area contributed by atoms with E-state index in [1.165, 1.54) is 0 Å². The highest BCUT2D eigenvalue weighted by molar-refractivity contribution is 4.98. The molecule has 0 aromatic rings. The molecule has 0 aliphatic heterocycles. The van der Waals surface area contributed by atoms with Crippen molar-refractivity contribution in [1.29, 1.82) is 0 Å². The molecule has 1 aliphatic carbocycles. The van der Waals surface area contributed by atoms with E-state index >= 15 is 0 Å². The normalized spacial score (nSPS) is 52.9. The molecule has 0 aromatic carbocycles. The molecule has 17 heavy (non-hydrogen) atoms. The summed E-state index contributed by atoms with van der Waals surface area (Å²) in [6.07, 6.45) is -13.0. The van der Waals surface area contributed by atoms with Gasteiger partial charge in [0.05, 0.1) is 18.8 Å². The zero-order valence-electron chi connectivity index (χ0n) is 8.90. The fourth-order valence-corrected chi connectivity index (χ4v) is 1.93. The first-order valence-electron chi connectivity index (χ1n) is 5.20. The van der Waals surface area contributed by atoms with Gasteiger partial charge in [-0.1, -0.05) is 0 Å². The van der Waals surface area contributed by atoms with Gasteiger partial charge in [0.15, 0.2) is 0 Å². The Labute approximate surface area is 97.0 Å². The van der Waals surface area contributed by atoms with Gasteiger partial charge in [-0.15, -0.1) is 0 Å². The summed E-state index contributed by atoms with van der Waals surface area (Å²) in [5, 5.41) is 75.2. The van der Waals surface area contributed by atoms with Crippen molar-refractivity contribution in [3.63, 3.8) is 0 Å². The van der Waals surface area contributed by atoms with Crippen molar-refractivity contribution in [2.24, 2.45) is 5.92 Å². The molecule has 1 rings (SSSR count). The molecule has 2 unspecified atom stereocenters. The molecule has 1 saturated carbocycles. The third-order valence-electron chi connectivity index (χ3n) is 3.19. The Morgan fingerprint density at radius 3 is 0.941 bits per heavy atom. The van der Waals surface area contributed by atoms with Crippen LogP contribution >= 0.6 is 0 Å². The fourth-order valence-electron chi connectivity index (χ4n) is 1.93. The second-order valence-electron chi connectivity index (χ2n) is 4.28. The molecule has 1 fully saturated rings. The minimum absolute atomic E-state index is 0.772. The first-order chi connectivity index (χ1) is 7.82. The summed E-state index contributed by atoms with van der Waals surface area (Å²) in [5.74, 6) is -1.35. The summed E-state index contributed by atoms with van der Waals surface area (Å²) < 4.78 is 0. The highest BCUT2D eigenvalue weighted by atomic mass is 16.4. The summed E-state index contributed by atoms with van der Waals surface area (Å²) in [6, 6.07) is 0. The van der Waals surface area contributed by atoms with E-state index in [4.69, 9.17) is 5.11 Å². The molecule has 8 N–H and O–H groups in total. The van der Waals surface area contributed by atoms with E-state index in [0.717, 1.165) is 0 Å². The van der Waals surface area contributed by atoms with Crippen LogP contribution in [0, 0.1) is 5.92 Å². The molecular weight excluding hydrogens is 236 g/mol. The Morgan fingerprint density at radius 2 is 0.706 bits per heavy atom. The molecule has 0 saturated heterocycles. The van der Waals surface area contributed by atoms with Crippen molar-refractivity contribution in [3.8, 4) is 0 Å². The van der Waals surface area contributed by atoms with Crippen molar-refractivity contribution in [1.82, 2.24) is 0 Å². The van der Waals surface area contributed by atoms with Gasteiger partial charge in [-0.05, 0) is 0 Å². The molecule has 8 atom stereocenters. The maximum absolute atomic E-state index is 9.57. The van der Waals surface area contributed by atoms with Crippen LogP contribution in [0.2, 0.25) is 0 Å². The first-order valence-corrected chi connectivity index (χ1v) is 5.20. The molecule has 8 heteroatoms. The van der Waals surface area contributed by atoms with Gasteiger partial charge >= 0.3 is 0 Å². The lowest BCUT2D eigenvalue weighted by atomic mass is 9.80. The summed E-state index contributed by atoms with van der Waals surface area (Å²) in [4.78, 5) is 0. The predicted octanol–water partition coefficient (Wildman–Crippen LogP) is -4.87. The van der Waals surface area contributed by atoms with Gasteiger partial charge in [0.1, 0.15) is 30.5 Å². The van der Waals surface area contributed by atoms with Crippen molar-refractivity contribution >= 4 is 0 Å². The van der Waals surface area contributed by atoms with Gasteiger partial charge in [0, 0.05) is 5.92 Å². The molecule has 102 valence electrons. The van der Waals surface area contributed by atoms with Gasteiger partial charge in [-0.2, -0.15) is 0 Å².